The second-order valence-electron chi connectivity index (χ2n) is 4.92. The van der Waals surface area contributed by atoms with Crippen LogP contribution in [0.1, 0.15) is 33.5 Å². The first kappa shape index (κ1) is 13.1. The normalized spacial score (nSPS) is 15.3. The maximum atomic E-state index is 13.2. The molecule has 1 aliphatic rings. The van der Waals surface area contributed by atoms with Crippen molar-refractivity contribution in [3.05, 3.63) is 69.5 Å². The van der Waals surface area contributed by atoms with Crippen LogP contribution in [0.5, 0.6) is 0 Å². The highest BCUT2D eigenvalue weighted by molar-refractivity contribution is 9.09. The van der Waals surface area contributed by atoms with Gasteiger partial charge in [-0.3, -0.25) is 0 Å². The van der Waals surface area contributed by atoms with Crippen molar-refractivity contribution in [2.24, 2.45) is 0 Å². The first-order chi connectivity index (χ1) is 9.15. The standard InChI is InChI=1S/C16H13BrClF/c17-16(13-6-7-15(19)14(18)9-13)12-5-4-10-2-1-3-11(10)8-12/h4-9,16H,1-3H2. The van der Waals surface area contributed by atoms with Gasteiger partial charge in [-0.15, -0.1) is 0 Å². The van der Waals surface area contributed by atoms with Crippen LogP contribution in [-0.4, -0.2) is 0 Å². The molecule has 3 rings (SSSR count). The molecule has 0 saturated heterocycles. The number of halogens is 3. The molecule has 0 spiro atoms. The number of rotatable bonds is 2. The van der Waals surface area contributed by atoms with E-state index in [0.29, 0.717) is 0 Å². The monoisotopic (exact) mass is 338 g/mol. The fourth-order valence-corrected chi connectivity index (χ4v) is 3.37. The van der Waals surface area contributed by atoms with Crippen LogP contribution in [0.2, 0.25) is 5.02 Å². The highest BCUT2D eigenvalue weighted by Crippen LogP contribution is 2.35. The Morgan fingerprint density at radius 1 is 1.00 bits per heavy atom. The summed E-state index contributed by atoms with van der Waals surface area (Å²) in [6, 6.07) is 11.5. The van der Waals surface area contributed by atoms with E-state index in [9.17, 15) is 4.39 Å². The van der Waals surface area contributed by atoms with Crippen LogP contribution in [0.4, 0.5) is 4.39 Å². The number of aryl methyl sites for hydroxylation is 2. The van der Waals surface area contributed by atoms with Crippen LogP contribution in [0, 0.1) is 5.82 Å². The molecule has 0 heterocycles. The lowest BCUT2D eigenvalue weighted by atomic mass is 10.0. The molecule has 3 heteroatoms. The summed E-state index contributed by atoms with van der Waals surface area (Å²) < 4.78 is 13.2. The van der Waals surface area contributed by atoms with Gasteiger partial charge in [0.05, 0.1) is 9.85 Å². The Labute approximate surface area is 125 Å². The maximum Gasteiger partial charge on any atom is 0.141 e. The minimum Gasteiger partial charge on any atom is -0.205 e. The summed E-state index contributed by atoms with van der Waals surface area (Å²) >= 11 is 9.52. The van der Waals surface area contributed by atoms with Gasteiger partial charge < -0.3 is 0 Å². The number of hydrogen-bond donors (Lipinski definition) is 0. The fourth-order valence-electron chi connectivity index (χ4n) is 2.61. The van der Waals surface area contributed by atoms with Gasteiger partial charge >= 0.3 is 0 Å². The first-order valence-corrected chi connectivity index (χ1v) is 7.65. The molecule has 1 unspecified atom stereocenters. The predicted octanol–water partition coefficient (Wildman–Crippen LogP) is 5.45. The van der Waals surface area contributed by atoms with Crippen molar-refractivity contribution in [2.75, 3.05) is 0 Å². The number of hydrogen-bond acceptors (Lipinski definition) is 0. The third-order valence-electron chi connectivity index (χ3n) is 3.65. The van der Waals surface area contributed by atoms with Crippen molar-refractivity contribution in [1.82, 2.24) is 0 Å². The van der Waals surface area contributed by atoms with Gasteiger partial charge in [0.15, 0.2) is 0 Å². The zero-order valence-corrected chi connectivity index (χ0v) is 12.6. The van der Waals surface area contributed by atoms with E-state index < -0.39 is 0 Å². The van der Waals surface area contributed by atoms with Gasteiger partial charge in [-0.2, -0.15) is 0 Å². The average Bonchev–Trinajstić information content (AvgIpc) is 2.88. The molecule has 0 fully saturated rings. The largest absolute Gasteiger partial charge is 0.205 e. The summed E-state index contributed by atoms with van der Waals surface area (Å²) in [7, 11) is 0. The van der Waals surface area contributed by atoms with Gasteiger partial charge in [0, 0.05) is 0 Å². The van der Waals surface area contributed by atoms with E-state index in [2.05, 4.69) is 34.1 Å². The maximum absolute atomic E-state index is 13.2. The predicted molar refractivity (Wildman–Crippen MR) is 80.6 cm³/mol. The third kappa shape index (κ3) is 2.56. The highest BCUT2D eigenvalue weighted by atomic mass is 79.9. The lowest BCUT2D eigenvalue weighted by Gasteiger charge is -2.13. The van der Waals surface area contributed by atoms with Crippen LogP contribution in [-0.2, 0) is 12.8 Å². The Bertz CT molecular complexity index is 624. The molecule has 0 bridgehead atoms. The summed E-state index contributed by atoms with van der Waals surface area (Å²) in [5.41, 5.74) is 5.07. The molecule has 19 heavy (non-hydrogen) atoms. The van der Waals surface area contributed by atoms with Crippen LogP contribution < -0.4 is 0 Å². The molecule has 0 amide bonds. The van der Waals surface area contributed by atoms with Gasteiger partial charge in [0.2, 0.25) is 0 Å². The van der Waals surface area contributed by atoms with Crippen LogP contribution in [0.3, 0.4) is 0 Å². The highest BCUT2D eigenvalue weighted by Gasteiger charge is 2.16. The van der Waals surface area contributed by atoms with E-state index >= 15 is 0 Å². The molecule has 0 aromatic heterocycles. The molecule has 1 aliphatic carbocycles. The molecular formula is C16H13BrClF. The fraction of sp³-hybridized carbons (Fsp3) is 0.250. The SMILES string of the molecule is Fc1ccc(C(Br)c2ccc3c(c2)CCC3)cc1Cl. The molecule has 0 saturated carbocycles. The number of alkyl halides is 1. The van der Waals surface area contributed by atoms with Crippen molar-refractivity contribution in [2.45, 2.75) is 24.1 Å². The van der Waals surface area contributed by atoms with Crippen molar-refractivity contribution in [3.63, 3.8) is 0 Å². The van der Waals surface area contributed by atoms with Crippen LogP contribution >= 0.6 is 27.5 Å². The van der Waals surface area contributed by atoms with Gasteiger partial charge in [-0.25, -0.2) is 4.39 Å². The van der Waals surface area contributed by atoms with Crippen LogP contribution in [0.25, 0.3) is 0 Å². The van der Waals surface area contributed by atoms with Crippen molar-refractivity contribution >= 4 is 27.5 Å². The number of fused-ring (bicyclic) bond motifs is 1. The van der Waals surface area contributed by atoms with E-state index in [1.807, 2.05) is 0 Å². The second kappa shape index (κ2) is 5.26. The molecule has 0 radical (unpaired) electrons. The van der Waals surface area contributed by atoms with Gasteiger partial charge in [0.1, 0.15) is 5.82 Å². The summed E-state index contributed by atoms with van der Waals surface area (Å²) in [6.45, 7) is 0. The summed E-state index contributed by atoms with van der Waals surface area (Å²) in [4.78, 5) is 0.0523. The minimum absolute atomic E-state index is 0.0523. The first-order valence-electron chi connectivity index (χ1n) is 6.36. The Balaban J connectivity index is 1.94. The van der Waals surface area contributed by atoms with E-state index in [4.69, 9.17) is 11.6 Å². The minimum atomic E-state index is -0.376. The third-order valence-corrected chi connectivity index (χ3v) is 5.00. The van der Waals surface area contributed by atoms with Gasteiger partial charge in [0.25, 0.3) is 0 Å². The molecule has 0 nitrogen and oxygen atoms in total. The van der Waals surface area contributed by atoms with Gasteiger partial charge in [-0.1, -0.05) is 51.8 Å². The Hall–Kier alpha value is -0.860. The van der Waals surface area contributed by atoms with Crippen molar-refractivity contribution in [1.29, 1.82) is 0 Å². The quantitative estimate of drug-likeness (QED) is 0.638. The average molecular weight is 340 g/mol. The smallest absolute Gasteiger partial charge is 0.141 e. The molecule has 1 atom stereocenters. The molecular weight excluding hydrogens is 327 g/mol. The molecule has 98 valence electrons. The molecule has 2 aromatic carbocycles. The van der Waals surface area contributed by atoms with E-state index in [0.717, 1.165) is 12.0 Å². The summed E-state index contributed by atoms with van der Waals surface area (Å²) in [5, 5.41) is 0.170. The van der Waals surface area contributed by atoms with E-state index in [1.165, 1.54) is 35.6 Å². The summed E-state index contributed by atoms with van der Waals surface area (Å²) in [5.74, 6) is -0.376. The van der Waals surface area contributed by atoms with Crippen molar-refractivity contribution in [3.8, 4) is 0 Å². The van der Waals surface area contributed by atoms with E-state index in [1.54, 1.807) is 12.1 Å². The number of benzene rings is 2. The summed E-state index contributed by atoms with van der Waals surface area (Å²) in [6.07, 6.45) is 3.59. The lowest BCUT2D eigenvalue weighted by molar-refractivity contribution is 0.627. The Morgan fingerprint density at radius 3 is 2.47 bits per heavy atom. The lowest BCUT2D eigenvalue weighted by Crippen LogP contribution is -1.95. The second-order valence-corrected chi connectivity index (χ2v) is 6.24. The van der Waals surface area contributed by atoms with Gasteiger partial charge in [-0.05, 0) is 53.6 Å². The Morgan fingerprint density at radius 2 is 1.68 bits per heavy atom. The molecule has 0 aliphatic heterocycles. The van der Waals surface area contributed by atoms with Crippen molar-refractivity contribution < 1.29 is 4.39 Å². The van der Waals surface area contributed by atoms with E-state index in [-0.39, 0.29) is 15.7 Å². The zero-order chi connectivity index (χ0) is 13.4. The zero-order valence-electron chi connectivity index (χ0n) is 10.3. The molecule has 0 N–H and O–H groups in total. The Kier molecular flexibility index (Phi) is 3.64. The topological polar surface area (TPSA) is 0 Å². The van der Waals surface area contributed by atoms with Crippen LogP contribution in [0.15, 0.2) is 36.4 Å². The molecule has 2 aromatic rings.